The van der Waals surface area contributed by atoms with Crippen molar-refractivity contribution < 1.29 is 0 Å². The molecule has 92 valence electrons. The minimum absolute atomic E-state index is 0. The molecule has 15 heavy (non-hydrogen) atoms. The molecule has 0 unspecified atom stereocenters. The molecule has 0 nitrogen and oxygen atoms in total. The Bertz CT molecular complexity index is 68.6. The van der Waals surface area contributed by atoms with E-state index < -0.39 is 28.7 Å². The fraction of sp³-hybridized carbons (Fsp3) is 1.00. The predicted molar refractivity (Wildman–Crippen MR) is 80.1 cm³/mol. The standard InChI is InChI=1S/2C6H15Ge.Te/c2*1-4-7(5-2)6-3;/h2*4-6H2,1-3H3;. The third-order valence-corrected chi connectivity index (χ3v) is 15.6. The van der Waals surface area contributed by atoms with Crippen molar-refractivity contribution in [3.63, 3.8) is 0 Å². The zero-order valence-corrected chi connectivity index (χ0v) is 18.2. The largest absolute Gasteiger partial charge is 0 e. The molecule has 0 heterocycles. The predicted octanol–water partition coefficient (Wildman–Crippen LogP) is 4.70. The Labute approximate surface area is 124 Å². The summed E-state index contributed by atoms with van der Waals surface area (Å²) < 4.78 is 0. The Kier molecular flexibility index (Phi) is 26.9. The second kappa shape index (κ2) is 18.2. The van der Waals surface area contributed by atoms with Crippen LogP contribution < -0.4 is 0 Å². The maximum Gasteiger partial charge on any atom is 0 e. The summed E-state index contributed by atoms with van der Waals surface area (Å²) in [5, 5.41) is 9.12. The van der Waals surface area contributed by atoms with Crippen LogP contribution in [0.2, 0.25) is 31.5 Å². The molecule has 0 N–H and O–H groups in total. The fourth-order valence-electron chi connectivity index (χ4n) is 1.50. The summed E-state index contributed by atoms with van der Waals surface area (Å²) >= 11 is -0.806. The van der Waals surface area contributed by atoms with Crippen molar-refractivity contribution in [2.75, 3.05) is 0 Å². The van der Waals surface area contributed by atoms with E-state index in [0.29, 0.717) is 0 Å². The molecule has 3 heteroatoms. The topological polar surface area (TPSA) is 0 Å². The average Bonchev–Trinajstić information content (AvgIpc) is 2.24. The molecule has 4 radical (unpaired) electrons. The summed E-state index contributed by atoms with van der Waals surface area (Å²) in [6, 6.07) is 0. The minimum atomic E-state index is -0.403. The number of hydrogen-bond acceptors (Lipinski definition) is 0. The normalized spacial score (nSPS) is 9.60. The molecule has 0 aliphatic rings. The molecule has 0 bridgehead atoms. The van der Waals surface area contributed by atoms with E-state index in [-0.39, 0.29) is 23.7 Å². The maximum absolute atomic E-state index is 2.34. The van der Waals surface area contributed by atoms with Crippen molar-refractivity contribution in [3.05, 3.63) is 0 Å². The van der Waals surface area contributed by atoms with E-state index in [9.17, 15) is 0 Å². The fourth-order valence-corrected chi connectivity index (χ4v) is 7.79. The molecule has 0 amide bonds. The van der Waals surface area contributed by atoms with E-state index >= 15 is 0 Å². The van der Waals surface area contributed by atoms with Crippen LogP contribution in [0.25, 0.3) is 0 Å². The van der Waals surface area contributed by atoms with Gasteiger partial charge in [-0.3, -0.25) is 0 Å². The van der Waals surface area contributed by atoms with Crippen LogP contribution in [0.5, 0.6) is 0 Å². The maximum atomic E-state index is 2.34. The molecule has 0 rings (SSSR count). The molecule has 0 aliphatic heterocycles. The van der Waals surface area contributed by atoms with Gasteiger partial charge in [0.25, 0.3) is 0 Å². The van der Waals surface area contributed by atoms with Crippen LogP contribution in [0.15, 0.2) is 0 Å². The van der Waals surface area contributed by atoms with Gasteiger partial charge in [0, 0.05) is 23.7 Å². The van der Waals surface area contributed by atoms with E-state index in [0.717, 1.165) is 0 Å². The van der Waals surface area contributed by atoms with Crippen molar-refractivity contribution in [2.24, 2.45) is 0 Å². The van der Waals surface area contributed by atoms with Crippen LogP contribution in [0, 0.1) is 0 Å². The van der Waals surface area contributed by atoms with E-state index in [2.05, 4.69) is 41.5 Å². The minimum Gasteiger partial charge on any atom is 0 e. The van der Waals surface area contributed by atoms with Crippen molar-refractivity contribution in [2.45, 2.75) is 73.1 Å². The van der Waals surface area contributed by atoms with Crippen molar-refractivity contribution in [1.82, 2.24) is 0 Å². The molecule has 0 aromatic carbocycles. The molecular weight excluding hydrogens is 417 g/mol. The third-order valence-electron chi connectivity index (χ3n) is 3.00. The summed E-state index contributed by atoms with van der Waals surface area (Å²) in [6.45, 7) is 14.0. The van der Waals surface area contributed by atoms with Crippen LogP contribution in [-0.2, 0) is 0 Å². The summed E-state index contributed by atoms with van der Waals surface area (Å²) in [5.41, 5.74) is 0. The Morgan fingerprint density at radius 1 is 0.467 bits per heavy atom. The van der Waals surface area contributed by atoms with Gasteiger partial charge >= 0.3 is 102 Å². The SMILES string of the molecule is C[CH2][Ge]([CH2]C)[CH2]C.C[CH2][Ge]([CH2]C)[CH2]C.[Te]. The molecule has 0 spiro atoms. The third kappa shape index (κ3) is 15.9. The van der Waals surface area contributed by atoms with Crippen LogP contribution in [-0.4, -0.2) is 52.4 Å². The molecule has 0 aliphatic carbocycles. The van der Waals surface area contributed by atoms with Gasteiger partial charge in [0.15, 0.2) is 0 Å². The first-order valence-corrected chi connectivity index (χ1v) is 15.3. The van der Waals surface area contributed by atoms with Crippen molar-refractivity contribution in [3.8, 4) is 0 Å². The molecular formula is C12H30Ge2Te. The van der Waals surface area contributed by atoms with Gasteiger partial charge in [-0.25, -0.2) is 0 Å². The van der Waals surface area contributed by atoms with Gasteiger partial charge in [-0.1, -0.05) is 0 Å². The molecule has 0 atom stereocenters. The van der Waals surface area contributed by atoms with Crippen molar-refractivity contribution >= 4 is 52.4 Å². The average molecular weight is 447 g/mol. The van der Waals surface area contributed by atoms with Crippen LogP contribution in [0.3, 0.4) is 0 Å². The Hall–Kier alpha value is 1.88. The summed E-state index contributed by atoms with van der Waals surface area (Å²) in [7, 11) is 0. The molecule has 0 saturated heterocycles. The first-order valence-electron chi connectivity index (χ1n) is 6.36. The van der Waals surface area contributed by atoms with Gasteiger partial charge in [0.05, 0.1) is 0 Å². The van der Waals surface area contributed by atoms with E-state index in [4.69, 9.17) is 0 Å². The second-order valence-corrected chi connectivity index (χ2v) is 18.8. The first kappa shape index (κ1) is 22.1. The van der Waals surface area contributed by atoms with E-state index in [1.807, 2.05) is 0 Å². The van der Waals surface area contributed by atoms with Crippen LogP contribution in [0.1, 0.15) is 41.5 Å². The molecule has 0 saturated carbocycles. The summed E-state index contributed by atoms with van der Waals surface area (Å²) in [4.78, 5) is 0. The van der Waals surface area contributed by atoms with Gasteiger partial charge in [0.2, 0.25) is 0 Å². The van der Waals surface area contributed by atoms with Gasteiger partial charge in [-0.2, -0.15) is 0 Å². The zero-order chi connectivity index (χ0) is 11.4. The molecule has 0 aromatic heterocycles. The zero-order valence-electron chi connectivity index (χ0n) is 11.7. The first-order chi connectivity index (χ1) is 6.69. The van der Waals surface area contributed by atoms with Gasteiger partial charge in [0.1, 0.15) is 0 Å². The quantitative estimate of drug-likeness (QED) is 0.518. The van der Waals surface area contributed by atoms with E-state index in [1.54, 1.807) is 0 Å². The van der Waals surface area contributed by atoms with Crippen LogP contribution in [0.4, 0.5) is 0 Å². The summed E-state index contributed by atoms with van der Waals surface area (Å²) in [5.74, 6) is 0. The van der Waals surface area contributed by atoms with Crippen LogP contribution >= 0.6 is 0 Å². The van der Waals surface area contributed by atoms with Gasteiger partial charge in [-0.05, 0) is 0 Å². The van der Waals surface area contributed by atoms with Crippen molar-refractivity contribution in [1.29, 1.82) is 0 Å². The number of hydrogen-bond donors (Lipinski definition) is 0. The van der Waals surface area contributed by atoms with Gasteiger partial charge < -0.3 is 0 Å². The smallest absolute Gasteiger partial charge is 0 e. The Balaban J connectivity index is -0.000000180. The molecule has 0 aromatic rings. The Morgan fingerprint density at radius 2 is 0.600 bits per heavy atom. The molecule has 0 fully saturated rings. The monoisotopic (exact) mass is 452 g/mol. The Morgan fingerprint density at radius 3 is 0.600 bits per heavy atom. The summed E-state index contributed by atoms with van der Waals surface area (Å²) in [6.07, 6.45) is 0. The van der Waals surface area contributed by atoms with Gasteiger partial charge in [-0.15, -0.1) is 0 Å². The van der Waals surface area contributed by atoms with E-state index in [1.165, 1.54) is 31.5 Å². The second-order valence-electron chi connectivity index (χ2n) is 3.62. The number of rotatable bonds is 6.